The number of hydrogen-bond donors (Lipinski definition) is 0. The van der Waals surface area contributed by atoms with Gasteiger partial charge in [-0.2, -0.15) is 0 Å². The summed E-state index contributed by atoms with van der Waals surface area (Å²) in [5.41, 5.74) is 1.44. The van der Waals surface area contributed by atoms with Crippen molar-refractivity contribution in [3.8, 4) is 0 Å². The fraction of sp³-hybridized carbons (Fsp3) is 0.125. The van der Waals surface area contributed by atoms with Crippen molar-refractivity contribution in [1.82, 2.24) is 4.98 Å². The molecular weight excluding hydrogens is 156 g/mol. The van der Waals surface area contributed by atoms with Gasteiger partial charge in [-0.25, -0.2) is 0 Å². The van der Waals surface area contributed by atoms with E-state index in [1.165, 1.54) is 12.3 Å². The number of aromatic nitrogens is 1. The third-order valence-electron chi connectivity index (χ3n) is 1.54. The quantitative estimate of drug-likeness (QED) is 0.495. The van der Waals surface area contributed by atoms with Crippen molar-refractivity contribution in [2.24, 2.45) is 0 Å². The molecule has 0 fully saturated rings. The van der Waals surface area contributed by atoms with Crippen LogP contribution >= 0.6 is 0 Å². The zero-order valence-corrected chi connectivity index (χ0v) is 6.65. The summed E-state index contributed by atoms with van der Waals surface area (Å²) in [6, 6.07) is 1.45. The van der Waals surface area contributed by atoms with Crippen LogP contribution < -0.4 is 0 Å². The van der Waals surface area contributed by atoms with Crippen molar-refractivity contribution < 1.29 is 4.92 Å². The van der Waals surface area contributed by atoms with Gasteiger partial charge in [0.1, 0.15) is 6.20 Å². The molecule has 0 bridgehead atoms. The summed E-state index contributed by atoms with van der Waals surface area (Å²) >= 11 is 0. The Kier molecular flexibility index (Phi) is 2.19. The Morgan fingerprint density at radius 1 is 1.75 bits per heavy atom. The van der Waals surface area contributed by atoms with Gasteiger partial charge >= 0.3 is 0 Å². The van der Waals surface area contributed by atoms with E-state index in [4.69, 9.17) is 0 Å². The SMILES string of the molecule is C=Cc1cc([N+](=O)[O-])cnc1C. The summed E-state index contributed by atoms with van der Waals surface area (Å²) in [5.74, 6) is 0. The van der Waals surface area contributed by atoms with Crippen LogP contribution in [-0.2, 0) is 0 Å². The van der Waals surface area contributed by atoms with E-state index in [-0.39, 0.29) is 5.69 Å². The third-order valence-corrected chi connectivity index (χ3v) is 1.54. The topological polar surface area (TPSA) is 56.0 Å². The van der Waals surface area contributed by atoms with E-state index in [9.17, 15) is 10.1 Å². The van der Waals surface area contributed by atoms with E-state index in [0.717, 1.165) is 5.69 Å². The molecular formula is C8H8N2O2. The fourth-order valence-corrected chi connectivity index (χ4v) is 0.845. The molecule has 0 saturated carbocycles. The first-order valence-corrected chi connectivity index (χ1v) is 3.38. The van der Waals surface area contributed by atoms with Crippen LogP contribution in [0.5, 0.6) is 0 Å². The van der Waals surface area contributed by atoms with Gasteiger partial charge in [0, 0.05) is 17.3 Å². The summed E-state index contributed by atoms with van der Waals surface area (Å²) in [7, 11) is 0. The first kappa shape index (κ1) is 8.39. The van der Waals surface area contributed by atoms with Crippen molar-refractivity contribution >= 4 is 11.8 Å². The molecule has 62 valence electrons. The van der Waals surface area contributed by atoms with Crippen molar-refractivity contribution in [3.05, 3.63) is 40.2 Å². The van der Waals surface area contributed by atoms with Crippen molar-refractivity contribution in [1.29, 1.82) is 0 Å². The van der Waals surface area contributed by atoms with E-state index >= 15 is 0 Å². The average Bonchev–Trinajstić information content (AvgIpc) is 2.05. The molecule has 1 heterocycles. The molecule has 0 aliphatic carbocycles. The van der Waals surface area contributed by atoms with Crippen LogP contribution in [0.2, 0.25) is 0 Å². The maximum absolute atomic E-state index is 10.3. The van der Waals surface area contributed by atoms with E-state index in [0.29, 0.717) is 5.56 Å². The van der Waals surface area contributed by atoms with Gasteiger partial charge in [-0.3, -0.25) is 15.1 Å². The van der Waals surface area contributed by atoms with Gasteiger partial charge in [0.05, 0.1) is 4.92 Å². The summed E-state index contributed by atoms with van der Waals surface area (Å²) in [5, 5.41) is 10.3. The van der Waals surface area contributed by atoms with Gasteiger partial charge in [-0.05, 0) is 6.92 Å². The highest BCUT2D eigenvalue weighted by molar-refractivity contribution is 5.53. The second-order valence-corrected chi connectivity index (χ2v) is 2.33. The normalized spacial score (nSPS) is 9.42. The molecule has 0 aliphatic heterocycles. The molecule has 0 aliphatic rings. The van der Waals surface area contributed by atoms with Crippen LogP contribution in [0.1, 0.15) is 11.3 Å². The zero-order chi connectivity index (χ0) is 9.14. The Labute approximate surface area is 69.7 Å². The summed E-state index contributed by atoms with van der Waals surface area (Å²) in [6.07, 6.45) is 2.79. The number of nitro groups is 1. The lowest BCUT2D eigenvalue weighted by Crippen LogP contribution is -1.92. The van der Waals surface area contributed by atoms with E-state index in [2.05, 4.69) is 11.6 Å². The lowest BCUT2D eigenvalue weighted by atomic mass is 10.2. The maximum Gasteiger partial charge on any atom is 0.288 e. The Balaban J connectivity index is 3.22. The number of aryl methyl sites for hydroxylation is 1. The highest BCUT2D eigenvalue weighted by Gasteiger charge is 2.06. The average molecular weight is 164 g/mol. The van der Waals surface area contributed by atoms with Crippen LogP contribution in [0.15, 0.2) is 18.8 Å². The molecule has 4 heteroatoms. The molecule has 0 aromatic carbocycles. The molecule has 0 amide bonds. The predicted octanol–water partition coefficient (Wildman–Crippen LogP) is 1.94. The standard InChI is InChI=1S/C8H8N2O2/c1-3-7-4-8(10(11)12)5-9-6(7)2/h3-5H,1H2,2H3. The summed E-state index contributed by atoms with van der Waals surface area (Å²) < 4.78 is 0. The molecule has 4 nitrogen and oxygen atoms in total. The summed E-state index contributed by atoms with van der Waals surface area (Å²) in [6.45, 7) is 5.31. The highest BCUT2D eigenvalue weighted by atomic mass is 16.6. The first-order valence-electron chi connectivity index (χ1n) is 3.38. The molecule has 1 aromatic rings. The van der Waals surface area contributed by atoms with Crippen molar-refractivity contribution in [2.75, 3.05) is 0 Å². The van der Waals surface area contributed by atoms with Gasteiger partial charge in [-0.1, -0.05) is 12.7 Å². The number of nitrogens with zero attached hydrogens (tertiary/aromatic N) is 2. The molecule has 0 radical (unpaired) electrons. The van der Waals surface area contributed by atoms with E-state index < -0.39 is 4.92 Å². The maximum atomic E-state index is 10.3. The molecule has 0 saturated heterocycles. The lowest BCUT2D eigenvalue weighted by molar-refractivity contribution is -0.385. The minimum Gasteiger partial charge on any atom is -0.258 e. The second kappa shape index (κ2) is 3.13. The second-order valence-electron chi connectivity index (χ2n) is 2.33. The number of hydrogen-bond acceptors (Lipinski definition) is 3. The first-order chi connectivity index (χ1) is 5.65. The minimum absolute atomic E-state index is 0.00417. The zero-order valence-electron chi connectivity index (χ0n) is 6.65. The predicted molar refractivity (Wildman–Crippen MR) is 45.7 cm³/mol. The van der Waals surface area contributed by atoms with Gasteiger partial charge < -0.3 is 0 Å². The smallest absolute Gasteiger partial charge is 0.258 e. The fourth-order valence-electron chi connectivity index (χ4n) is 0.845. The van der Waals surface area contributed by atoms with Crippen LogP contribution in [0, 0.1) is 17.0 Å². The van der Waals surface area contributed by atoms with Crippen LogP contribution in [0.25, 0.3) is 6.08 Å². The Morgan fingerprint density at radius 2 is 2.42 bits per heavy atom. The monoisotopic (exact) mass is 164 g/mol. The lowest BCUT2D eigenvalue weighted by Gasteiger charge is -1.97. The highest BCUT2D eigenvalue weighted by Crippen LogP contribution is 2.14. The molecule has 0 N–H and O–H groups in total. The molecule has 12 heavy (non-hydrogen) atoms. The molecule has 0 spiro atoms. The Morgan fingerprint density at radius 3 is 2.92 bits per heavy atom. The summed E-state index contributed by atoms with van der Waals surface area (Å²) in [4.78, 5) is 13.7. The van der Waals surface area contributed by atoms with E-state index in [1.807, 2.05) is 0 Å². The Hall–Kier alpha value is -1.71. The molecule has 0 unspecified atom stereocenters. The van der Waals surface area contributed by atoms with Crippen molar-refractivity contribution in [3.63, 3.8) is 0 Å². The Bertz CT molecular complexity index is 334. The third kappa shape index (κ3) is 1.47. The minimum atomic E-state index is -0.473. The van der Waals surface area contributed by atoms with Gasteiger partial charge in [0.15, 0.2) is 0 Å². The number of pyridine rings is 1. The van der Waals surface area contributed by atoms with Crippen LogP contribution in [0.4, 0.5) is 5.69 Å². The van der Waals surface area contributed by atoms with Gasteiger partial charge in [0.2, 0.25) is 0 Å². The largest absolute Gasteiger partial charge is 0.288 e. The van der Waals surface area contributed by atoms with Crippen LogP contribution in [-0.4, -0.2) is 9.91 Å². The molecule has 0 atom stereocenters. The van der Waals surface area contributed by atoms with Crippen molar-refractivity contribution in [2.45, 2.75) is 6.92 Å². The van der Waals surface area contributed by atoms with Gasteiger partial charge in [0.25, 0.3) is 5.69 Å². The number of rotatable bonds is 2. The van der Waals surface area contributed by atoms with Gasteiger partial charge in [-0.15, -0.1) is 0 Å². The van der Waals surface area contributed by atoms with Crippen LogP contribution in [0.3, 0.4) is 0 Å². The van der Waals surface area contributed by atoms with E-state index in [1.54, 1.807) is 13.0 Å². The molecule has 1 aromatic heterocycles. The molecule has 1 rings (SSSR count).